The molecular weight excluding hydrogens is 440 g/mol. The lowest BCUT2D eigenvalue weighted by atomic mass is 10.1. The number of rotatable bonds is 6. The van der Waals surface area contributed by atoms with Gasteiger partial charge in [-0.05, 0) is 55.5 Å². The third-order valence-electron chi connectivity index (χ3n) is 5.82. The van der Waals surface area contributed by atoms with Crippen LogP contribution < -0.4 is 20.9 Å². The number of hydrogen-bond acceptors (Lipinski definition) is 8. The van der Waals surface area contributed by atoms with Crippen molar-refractivity contribution in [2.75, 3.05) is 41.7 Å². The summed E-state index contributed by atoms with van der Waals surface area (Å²) in [6.07, 6.45) is 6.81. The number of piperazine rings is 1. The highest BCUT2D eigenvalue weighted by Crippen LogP contribution is 2.23. The van der Waals surface area contributed by atoms with Crippen LogP contribution in [0.1, 0.15) is 16.1 Å². The average Bonchev–Trinajstić information content (AvgIpc) is 2.92. The summed E-state index contributed by atoms with van der Waals surface area (Å²) in [4.78, 5) is 32.6. The van der Waals surface area contributed by atoms with Crippen LogP contribution in [0.5, 0.6) is 0 Å². The first kappa shape index (κ1) is 22.4. The quantitative estimate of drug-likeness (QED) is 0.395. The lowest BCUT2D eigenvalue weighted by Crippen LogP contribution is -2.43. The standard InChI is InChI=1S/C26H26N8O/c1-18-24(33-26-29-10-8-23(32-26)20-3-2-9-28-16-20)15-21(17-30-18)31-25(35)19-4-6-22(7-5-19)34-13-11-27-12-14-34/h2-10,15-17,27H,11-14H2,1H3,(H,31,35)(H,29,32,33). The summed E-state index contributed by atoms with van der Waals surface area (Å²) in [5.41, 5.74) is 5.43. The second-order valence-electron chi connectivity index (χ2n) is 8.23. The Hall–Kier alpha value is -4.37. The van der Waals surface area contributed by atoms with E-state index in [2.05, 4.69) is 40.8 Å². The molecule has 0 saturated carbocycles. The molecule has 0 unspecified atom stereocenters. The third-order valence-corrected chi connectivity index (χ3v) is 5.82. The normalized spacial score (nSPS) is 13.3. The maximum Gasteiger partial charge on any atom is 0.255 e. The van der Waals surface area contributed by atoms with Gasteiger partial charge < -0.3 is 20.9 Å². The molecule has 0 bridgehead atoms. The summed E-state index contributed by atoms with van der Waals surface area (Å²) in [7, 11) is 0. The molecule has 5 rings (SSSR count). The maximum atomic E-state index is 12.8. The average molecular weight is 467 g/mol. The number of hydrogen-bond donors (Lipinski definition) is 3. The summed E-state index contributed by atoms with van der Waals surface area (Å²) < 4.78 is 0. The predicted molar refractivity (Wildman–Crippen MR) is 137 cm³/mol. The fourth-order valence-electron chi connectivity index (χ4n) is 3.89. The number of carbonyl (C=O) groups excluding carboxylic acids is 1. The minimum absolute atomic E-state index is 0.191. The van der Waals surface area contributed by atoms with Gasteiger partial charge >= 0.3 is 0 Å². The molecule has 3 aromatic heterocycles. The van der Waals surface area contributed by atoms with Crippen LogP contribution in [0.2, 0.25) is 0 Å². The number of anilines is 4. The van der Waals surface area contributed by atoms with E-state index in [-0.39, 0.29) is 5.91 Å². The molecule has 35 heavy (non-hydrogen) atoms. The lowest BCUT2D eigenvalue weighted by Gasteiger charge is -2.29. The summed E-state index contributed by atoms with van der Waals surface area (Å²) in [5.74, 6) is 0.242. The van der Waals surface area contributed by atoms with Crippen LogP contribution in [0.15, 0.2) is 73.3 Å². The Morgan fingerprint density at radius 3 is 2.60 bits per heavy atom. The van der Waals surface area contributed by atoms with Gasteiger partial charge in [0, 0.05) is 61.6 Å². The summed E-state index contributed by atoms with van der Waals surface area (Å²) in [6.45, 7) is 5.75. The molecule has 1 saturated heterocycles. The van der Waals surface area contributed by atoms with Crippen LogP contribution in [-0.2, 0) is 0 Å². The lowest BCUT2D eigenvalue weighted by molar-refractivity contribution is 0.102. The smallest absolute Gasteiger partial charge is 0.255 e. The third kappa shape index (κ3) is 5.42. The van der Waals surface area contributed by atoms with Crippen molar-refractivity contribution in [3.8, 4) is 11.3 Å². The summed E-state index contributed by atoms with van der Waals surface area (Å²) >= 11 is 0. The Labute approximate surface area is 203 Å². The Morgan fingerprint density at radius 2 is 1.83 bits per heavy atom. The highest BCUT2D eigenvalue weighted by molar-refractivity contribution is 6.04. The molecule has 176 valence electrons. The minimum atomic E-state index is -0.191. The van der Waals surface area contributed by atoms with E-state index in [1.54, 1.807) is 24.8 Å². The van der Waals surface area contributed by atoms with Gasteiger partial charge in [-0.25, -0.2) is 9.97 Å². The fourth-order valence-corrected chi connectivity index (χ4v) is 3.89. The zero-order valence-corrected chi connectivity index (χ0v) is 19.4. The molecule has 4 aromatic rings. The Balaban J connectivity index is 1.28. The van der Waals surface area contributed by atoms with Crippen LogP contribution in [0, 0.1) is 6.92 Å². The van der Waals surface area contributed by atoms with E-state index < -0.39 is 0 Å². The van der Waals surface area contributed by atoms with Crippen LogP contribution in [0.4, 0.5) is 23.0 Å². The first-order valence-corrected chi connectivity index (χ1v) is 11.5. The molecule has 1 aliphatic rings. The molecule has 9 heteroatoms. The van der Waals surface area contributed by atoms with Gasteiger partial charge in [-0.3, -0.25) is 14.8 Å². The monoisotopic (exact) mass is 466 g/mol. The number of nitrogens with one attached hydrogen (secondary N) is 3. The second kappa shape index (κ2) is 10.3. The number of pyridine rings is 2. The molecule has 1 aromatic carbocycles. The summed E-state index contributed by atoms with van der Waals surface area (Å²) in [5, 5.41) is 9.49. The maximum absolute atomic E-state index is 12.8. The predicted octanol–water partition coefficient (Wildman–Crippen LogP) is 3.65. The second-order valence-corrected chi connectivity index (χ2v) is 8.23. The zero-order chi connectivity index (χ0) is 24.0. The molecule has 0 aliphatic carbocycles. The largest absolute Gasteiger partial charge is 0.369 e. The van der Waals surface area contributed by atoms with Gasteiger partial charge in [0.15, 0.2) is 0 Å². The Kier molecular flexibility index (Phi) is 6.58. The molecular formula is C26H26N8O. The van der Waals surface area contributed by atoms with Crippen LogP contribution >= 0.6 is 0 Å². The van der Waals surface area contributed by atoms with Crippen molar-refractivity contribution >= 4 is 28.9 Å². The highest BCUT2D eigenvalue weighted by atomic mass is 16.1. The summed E-state index contributed by atoms with van der Waals surface area (Å²) in [6, 6.07) is 15.2. The van der Waals surface area contributed by atoms with Gasteiger partial charge in [0.05, 0.1) is 29.0 Å². The van der Waals surface area contributed by atoms with E-state index >= 15 is 0 Å². The SMILES string of the molecule is Cc1ncc(NC(=O)c2ccc(N3CCNCC3)cc2)cc1Nc1nccc(-c2cccnc2)n1. The Bertz CT molecular complexity index is 1300. The first-order valence-electron chi connectivity index (χ1n) is 11.5. The molecule has 0 atom stereocenters. The zero-order valence-electron chi connectivity index (χ0n) is 19.4. The van der Waals surface area contributed by atoms with Crippen molar-refractivity contribution < 1.29 is 4.79 Å². The van der Waals surface area contributed by atoms with Crippen LogP contribution in [0.3, 0.4) is 0 Å². The molecule has 1 amide bonds. The Morgan fingerprint density at radius 1 is 1.00 bits per heavy atom. The molecule has 3 N–H and O–H groups in total. The highest BCUT2D eigenvalue weighted by Gasteiger charge is 2.13. The van der Waals surface area contributed by atoms with E-state index in [1.807, 2.05) is 55.5 Å². The van der Waals surface area contributed by atoms with E-state index in [4.69, 9.17) is 0 Å². The van der Waals surface area contributed by atoms with Gasteiger partial charge in [0.25, 0.3) is 5.91 Å². The molecule has 1 fully saturated rings. The molecule has 1 aliphatic heterocycles. The van der Waals surface area contributed by atoms with Gasteiger partial charge in [0.2, 0.25) is 5.95 Å². The topological polar surface area (TPSA) is 108 Å². The number of aromatic nitrogens is 4. The van der Waals surface area contributed by atoms with Crippen molar-refractivity contribution in [3.05, 3.63) is 84.6 Å². The van der Waals surface area contributed by atoms with Crippen molar-refractivity contribution in [2.24, 2.45) is 0 Å². The van der Waals surface area contributed by atoms with Crippen molar-refractivity contribution in [3.63, 3.8) is 0 Å². The van der Waals surface area contributed by atoms with Crippen molar-refractivity contribution in [1.82, 2.24) is 25.3 Å². The number of amides is 1. The van der Waals surface area contributed by atoms with Crippen molar-refractivity contribution in [1.29, 1.82) is 0 Å². The molecule has 4 heterocycles. The van der Waals surface area contributed by atoms with E-state index in [9.17, 15) is 4.79 Å². The fraction of sp³-hybridized carbons (Fsp3) is 0.192. The van der Waals surface area contributed by atoms with Crippen LogP contribution in [0.25, 0.3) is 11.3 Å². The number of nitrogens with zero attached hydrogens (tertiary/aromatic N) is 5. The van der Waals surface area contributed by atoms with Crippen molar-refractivity contribution in [2.45, 2.75) is 6.92 Å². The molecule has 0 spiro atoms. The number of carbonyl (C=O) groups is 1. The number of aryl methyl sites for hydroxylation is 1. The van der Waals surface area contributed by atoms with Gasteiger partial charge in [-0.2, -0.15) is 0 Å². The molecule has 0 radical (unpaired) electrons. The van der Waals surface area contributed by atoms with Crippen LogP contribution in [-0.4, -0.2) is 52.0 Å². The van der Waals surface area contributed by atoms with Gasteiger partial charge in [0.1, 0.15) is 0 Å². The number of benzene rings is 1. The van der Waals surface area contributed by atoms with E-state index in [1.165, 1.54) is 0 Å². The van der Waals surface area contributed by atoms with Gasteiger partial charge in [-0.15, -0.1) is 0 Å². The first-order chi connectivity index (χ1) is 17.2. The van der Waals surface area contributed by atoms with Gasteiger partial charge in [-0.1, -0.05) is 0 Å². The van der Waals surface area contributed by atoms with E-state index in [0.29, 0.717) is 22.9 Å². The minimum Gasteiger partial charge on any atom is -0.369 e. The molecule has 9 nitrogen and oxygen atoms in total. The van der Waals surface area contributed by atoms with E-state index in [0.717, 1.165) is 48.8 Å².